The van der Waals surface area contributed by atoms with E-state index in [0.29, 0.717) is 6.04 Å². The number of hydrogen-bond acceptors (Lipinski definition) is 4. The van der Waals surface area contributed by atoms with Crippen LogP contribution in [0.15, 0.2) is 11.7 Å². The molecular formula is C13H25N3S. The molecule has 0 aliphatic heterocycles. The third kappa shape index (κ3) is 3.50. The molecule has 0 aliphatic carbocycles. The Morgan fingerprint density at radius 2 is 2.06 bits per heavy atom. The highest BCUT2D eigenvalue weighted by molar-refractivity contribution is 7.09. The van der Waals surface area contributed by atoms with E-state index in [-0.39, 0.29) is 5.54 Å². The molecule has 4 heteroatoms. The van der Waals surface area contributed by atoms with Gasteiger partial charge in [-0.1, -0.05) is 13.8 Å². The lowest BCUT2D eigenvalue weighted by Gasteiger charge is -2.43. The highest BCUT2D eigenvalue weighted by atomic mass is 32.1. The van der Waals surface area contributed by atoms with Crippen molar-refractivity contribution in [3.8, 4) is 0 Å². The molecule has 3 nitrogen and oxygen atoms in total. The molecule has 1 atom stereocenters. The molecule has 1 N–H and O–H groups in total. The Hall–Kier alpha value is -0.450. The van der Waals surface area contributed by atoms with E-state index in [1.807, 2.05) is 11.7 Å². The Balaban J connectivity index is 2.77. The number of likely N-dealkylation sites (N-methyl/N-ethyl adjacent to an activating group) is 2. The summed E-state index contributed by atoms with van der Waals surface area (Å²) < 4.78 is 0. The van der Waals surface area contributed by atoms with E-state index >= 15 is 0 Å². The summed E-state index contributed by atoms with van der Waals surface area (Å²) in [6, 6.07) is 0.447. The van der Waals surface area contributed by atoms with Gasteiger partial charge in [-0.3, -0.25) is 9.88 Å². The van der Waals surface area contributed by atoms with Gasteiger partial charge in [0, 0.05) is 29.1 Å². The van der Waals surface area contributed by atoms with E-state index in [1.165, 1.54) is 4.88 Å². The van der Waals surface area contributed by atoms with Crippen LogP contribution in [0.3, 0.4) is 0 Å². The average molecular weight is 255 g/mol. The van der Waals surface area contributed by atoms with Crippen LogP contribution in [0.25, 0.3) is 0 Å². The zero-order valence-corrected chi connectivity index (χ0v) is 12.5. The maximum Gasteiger partial charge on any atom is 0.0794 e. The first-order valence-corrected chi connectivity index (χ1v) is 7.23. The first-order chi connectivity index (χ1) is 8.06. The Labute approximate surface area is 109 Å². The van der Waals surface area contributed by atoms with E-state index < -0.39 is 0 Å². The van der Waals surface area contributed by atoms with Crippen molar-refractivity contribution in [1.82, 2.24) is 15.2 Å². The molecule has 17 heavy (non-hydrogen) atoms. The Bertz CT molecular complexity index is 304. The van der Waals surface area contributed by atoms with E-state index in [4.69, 9.17) is 0 Å². The van der Waals surface area contributed by atoms with Crippen molar-refractivity contribution < 1.29 is 0 Å². The largest absolute Gasteiger partial charge is 0.315 e. The fraction of sp³-hybridized carbons (Fsp3) is 0.769. The summed E-state index contributed by atoms with van der Waals surface area (Å²) in [6.07, 6.45) is 3.03. The summed E-state index contributed by atoms with van der Waals surface area (Å²) in [5.74, 6) is 0. The van der Waals surface area contributed by atoms with Gasteiger partial charge in [-0.2, -0.15) is 0 Å². The quantitative estimate of drug-likeness (QED) is 0.811. The molecule has 0 fully saturated rings. The van der Waals surface area contributed by atoms with Crippen molar-refractivity contribution >= 4 is 11.3 Å². The standard InChI is InChI=1S/C13H25N3S/c1-6-16(7-2)13(3,4)12(14-5)8-11-9-15-10-17-11/h9-10,12,14H,6-8H2,1-5H3. The molecule has 1 aromatic rings. The molecule has 1 rings (SSSR count). The number of thiazole rings is 1. The maximum absolute atomic E-state index is 4.15. The van der Waals surface area contributed by atoms with E-state index in [9.17, 15) is 0 Å². The highest BCUT2D eigenvalue weighted by Gasteiger charge is 2.33. The van der Waals surface area contributed by atoms with Gasteiger partial charge in [0.1, 0.15) is 0 Å². The monoisotopic (exact) mass is 255 g/mol. The summed E-state index contributed by atoms with van der Waals surface area (Å²) in [4.78, 5) is 8.01. The number of nitrogens with zero attached hydrogens (tertiary/aromatic N) is 2. The lowest BCUT2D eigenvalue weighted by molar-refractivity contribution is 0.0946. The van der Waals surface area contributed by atoms with Crippen LogP contribution in [-0.4, -0.2) is 41.6 Å². The van der Waals surface area contributed by atoms with E-state index in [0.717, 1.165) is 19.5 Å². The van der Waals surface area contributed by atoms with Crippen molar-refractivity contribution in [3.05, 3.63) is 16.6 Å². The lowest BCUT2D eigenvalue weighted by atomic mass is 9.89. The Morgan fingerprint density at radius 1 is 1.41 bits per heavy atom. The van der Waals surface area contributed by atoms with E-state index in [1.54, 1.807) is 11.3 Å². The molecule has 1 unspecified atom stereocenters. The van der Waals surface area contributed by atoms with Crippen molar-refractivity contribution in [2.45, 2.75) is 45.7 Å². The van der Waals surface area contributed by atoms with Crippen LogP contribution in [-0.2, 0) is 6.42 Å². The molecule has 1 aromatic heterocycles. The number of aromatic nitrogens is 1. The summed E-state index contributed by atoms with van der Waals surface area (Å²) in [7, 11) is 2.05. The molecule has 1 heterocycles. The van der Waals surface area contributed by atoms with Gasteiger partial charge in [0.15, 0.2) is 0 Å². The van der Waals surface area contributed by atoms with Gasteiger partial charge in [0.25, 0.3) is 0 Å². The van der Waals surface area contributed by atoms with Crippen molar-refractivity contribution in [1.29, 1.82) is 0 Å². The summed E-state index contributed by atoms with van der Waals surface area (Å²) in [6.45, 7) is 11.3. The second-order valence-corrected chi connectivity index (χ2v) is 5.81. The van der Waals surface area contributed by atoms with E-state index in [2.05, 4.69) is 49.9 Å². The second-order valence-electron chi connectivity index (χ2n) is 4.84. The van der Waals surface area contributed by atoms with Gasteiger partial charge in [-0.05, 0) is 34.0 Å². The Kier molecular flexibility index (Phi) is 5.56. The Morgan fingerprint density at radius 3 is 2.47 bits per heavy atom. The van der Waals surface area contributed by atoms with Crippen LogP contribution >= 0.6 is 11.3 Å². The molecular weight excluding hydrogens is 230 g/mol. The number of nitrogens with one attached hydrogen (secondary N) is 1. The van der Waals surface area contributed by atoms with Gasteiger partial charge in [-0.25, -0.2) is 0 Å². The molecule has 0 amide bonds. The molecule has 0 aliphatic rings. The zero-order valence-electron chi connectivity index (χ0n) is 11.7. The summed E-state index contributed by atoms with van der Waals surface area (Å²) >= 11 is 1.74. The van der Waals surface area contributed by atoms with Gasteiger partial charge in [0.2, 0.25) is 0 Å². The first-order valence-electron chi connectivity index (χ1n) is 6.35. The van der Waals surface area contributed by atoms with Gasteiger partial charge in [-0.15, -0.1) is 11.3 Å². The minimum absolute atomic E-state index is 0.155. The highest BCUT2D eigenvalue weighted by Crippen LogP contribution is 2.22. The van der Waals surface area contributed by atoms with Crippen LogP contribution in [0.1, 0.15) is 32.6 Å². The first kappa shape index (κ1) is 14.6. The average Bonchev–Trinajstić information content (AvgIpc) is 2.79. The van der Waals surface area contributed by atoms with Crippen molar-refractivity contribution in [3.63, 3.8) is 0 Å². The minimum atomic E-state index is 0.155. The van der Waals surface area contributed by atoms with Crippen molar-refractivity contribution in [2.75, 3.05) is 20.1 Å². The predicted octanol–water partition coefficient (Wildman–Crippen LogP) is 2.39. The van der Waals surface area contributed by atoms with Crippen molar-refractivity contribution in [2.24, 2.45) is 0 Å². The maximum atomic E-state index is 4.15. The predicted molar refractivity (Wildman–Crippen MR) is 75.7 cm³/mol. The molecule has 0 bridgehead atoms. The van der Waals surface area contributed by atoms with Gasteiger partial charge in [0.05, 0.1) is 5.51 Å². The van der Waals surface area contributed by atoms with Crippen LogP contribution in [0.2, 0.25) is 0 Å². The second kappa shape index (κ2) is 6.47. The van der Waals surface area contributed by atoms with Gasteiger partial charge >= 0.3 is 0 Å². The molecule has 0 saturated heterocycles. The SMILES string of the molecule is CCN(CC)C(C)(C)C(Cc1cncs1)NC. The van der Waals surface area contributed by atoms with Gasteiger partial charge < -0.3 is 5.32 Å². The minimum Gasteiger partial charge on any atom is -0.315 e. The molecule has 0 radical (unpaired) electrons. The number of rotatable bonds is 7. The molecule has 0 saturated carbocycles. The summed E-state index contributed by atoms with van der Waals surface area (Å²) in [5, 5.41) is 3.47. The molecule has 0 spiro atoms. The third-order valence-corrected chi connectivity index (χ3v) is 4.47. The molecule has 0 aromatic carbocycles. The third-order valence-electron chi connectivity index (χ3n) is 3.67. The van der Waals surface area contributed by atoms with Crippen LogP contribution in [0, 0.1) is 0 Å². The van der Waals surface area contributed by atoms with Crippen LogP contribution in [0.5, 0.6) is 0 Å². The lowest BCUT2D eigenvalue weighted by Crippen LogP contribution is -2.57. The fourth-order valence-corrected chi connectivity index (χ4v) is 3.15. The molecule has 98 valence electrons. The van der Waals surface area contributed by atoms with Crippen LogP contribution < -0.4 is 5.32 Å². The van der Waals surface area contributed by atoms with Crippen LogP contribution in [0.4, 0.5) is 0 Å². The number of hydrogen-bond donors (Lipinski definition) is 1. The fourth-order valence-electron chi connectivity index (χ4n) is 2.51. The summed E-state index contributed by atoms with van der Waals surface area (Å²) in [5.41, 5.74) is 2.06. The topological polar surface area (TPSA) is 28.2 Å². The normalized spacial score (nSPS) is 14.2. The zero-order chi connectivity index (χ0) is 12.9. The smallest absolute Gasteiger partial charge is 0.0794 e.